The molecule has 0 aliphatic carbocycles. The zero-order valence-electron chi connectivity index (χ0n) is 13.5. The third-order valence-corrected chi connectivity index (χ3v) is 4.07. The number of hydrogen-bond acceptors (Lipinski definition) is 5. The van der Waals surface area contributed by atoms with E-state index in [4.69, 9.17) is 4.42 Å². The minimum Gasteiger partial charge on any atom is -0.464 e. The van der Waals surface area contributed by atoms with Gasteiger partial charge in [-0.2, -0.15) is 4.39 Å². The van der Waals surface area contributed by atoms with Crippen LogP contribution < -0.4 is 5.43 Å². The molecule has 0 atom stereocenters. The van der Waals surface area contributed by atoms with Gasteiger partial charge in [0.2, 0.25) is 5.95 Å². The molecule has 3 heterocycles. The number of pyridine rings is 1. The molecule has 0 unspecified atom stereocenters. The third-order valence-electron chi connectivity index (χ3n) is 4.07. The van der Waals surface area contributed by atoms with Crippen LogP contribution in [0.25, 0.3) is 27.9 Å². The van der Waals surface area contributed by atoms with Crippen LogP contribution in [0.4, 0.5) is 4.39 Å². The number of halogens is 1. The summed E-state index contributed by atoms with van der Waals surface area (Å²) in [6, 6.07) is 8.14. The van der Waals surface area contributed by atoms with E-state index in [0.29, 0.717) is 27.9 Å². The minimum absolute atomic E-state index is 0.0504. The molecule has 0 amide bonds. The van der Waals surface area contributed by atoms with Gasteiger partial charge in [-0.15, -0.1) is 5.10 Å². The topological polar surface area (TPSA) is 73.8 Å². The summed E-state index contributed by atoms with van der Waals surface area (Å²) in [5, 5.41) is 8.84. The monoisotopic (exact) mass is 336 g/mol. The molecule has 0 aliphatic heterocycles. The van der Waals surface area contributed by atoms with Crippen molar-refractivity contribution in [3.05, 3.63) is 70.2 Å². The highest BCUT2D eigenvalue weighted by Gasteiger charge is 2.14. The van der Waals surface area contributed by atoms with Crippen LogP contribution in [0.5, 0.6) is 0 Å². The summed E-state index contributed by atoms with van der Waals surface area (Å²) in [6.45, 7) is 3.57. The van der Waals surface area contributed by atoms with Crippen LogP contribution in [0.1, 0.15) is 11.3 Å². The molecule has 0 fully saturated rings. The lowest BCUT2D eigenvalue weighted by Gasteiger charge is -2.04. The molecule has 25 heavy (non-hydrogen) atoms. The molecule has 4 rings (SSSR count). The van der Waals surface area contributed by atoms with Crippen molar-refractivity contribution in [3.8, 4) is 16.9 Å². The normalized spacial score (nSPS) is 11.2. The lowest BCUT2D eigenvalue weighted by molar-refractivity contribution is 0.582. The van der Waals surface area contributed by atoms with Gasteiger partial charge in [0.05, 0.1) is 29.2 Å². The Morgan fingerprint density at radius 3 is 2.76 bits per heavy atom. The molecule has 4 aromatic rings. The summed E-state index contributed by atoms with van der Waals surface area (Å²) in [7, 11) is 0. The number of aromatic nitrogens is 4. The Balaban J connectivity index is 1.83. The number of hydrogen-bond donors (Lipinski definition) is 0. The molecule has 6 nitrogen and oxygen atoms in total. The summed E-state index contributed by atoms with van der Waals surface area (Å²) in [5.41, 5.74) is 3.80. The molecular weight excluding hydrogens is 323 g/mol. The van der Waals surface area contributed by atoms with Crippen LogP contribution in [0.15, 0.2) is 52.0 Å². The Morgan fingerprint density at radius 1 is 1.16 bits per heavy atom. The molecule has 124 valence electrons. The molecule has 1 aromatic carbocycles. The molecule has 0 spiro atoms. The number of fused-ring (bicyclic) bond motifs is 1. The van der Waals surface area contributed by atoms with E-state index in [0.717, 1.165) is 11.3 Å². The quantitative estimate of drug-likeness (QED) is 0.526. The second kappa shape index (κ2) is 5.62. The molecule has 0 saturated heterocycles. The number of aryl methyl sites for hydroxylation is 1. The van der Waals surface area contributed by atoms with Gasteiger partial charge in [-0.1, -0.05) is 11.3 Å². The zero-order valence-corrected chi connectivity index (χ0v) is 13.5. The lowest BCUT2D eigenvalue weighted by atomic mass is 10.1. The highest BCUT2D eigenvalue weighted by atomic mass is 19.1. The Labute approximate surface area is 141 Å². The highest BCUT2D eigenvalue weighted by Crippen LogP contribution is 2.25. The number of nitrogens with zero attached hydrogens (tertiary/aromatic N) is 4. The van der Waals surface area contributed by atoms with E-state index >= 15 is 0 Å². The van der Waals surface area contributed by atoms with Crippen LogP contribution >= 0.6 is 0 Å². The Hall–Kier alpha value is -3.35. The molecule has 0 radical (unpaired) electrons. The predicted octanol–water partition coefficient (Wildman–Crippen LogP) is 3.19. The maximum atomic E-state index is 13.0. The summed E-state index contributed by atoms with van der Waals surface area (Å²) >= 11 is 0. The smallest absolute Gasteiger partial charge is 0.212 e. The molecule has 0 saturated carbocycles. The van der Waals surface area contributed by atoms with Crippen molar-refractivity contribution >= 4 is 11.0 Å². The zero-order chi connectivity index (χ0) is 17.6. The Morgan fingerprint density at radius 2 is 2.00 bits per heavy atom. The molecule has 0 aliphatic rings. The molecule has 7 heteroatoms. The maximum absolute atomic E-state index is 13.0. The van der Waals surface area contributed by atoms with Crippen LogP contribution in [0.2, 0.25) is 0 Å². The summed E-state index contributed by atoms with van der Waals surface area (Å²) < 4.78 is 20.1. The first-order valence-electron chi connectivity index (χ1n) is 7.61. The molecule has 3 aromatic heterocycles. The predicted molar refractivity (Wildman–Crippen MR) is 90.1 cm³/mol. The van der Waals surface area contributed by atoms with E-state index in [1.54, 1.807) is 29.8 Å². The van der Waals surface area contributed by atoms with Crippen LogP contribution in [0.3, 0.4) is 0 Å². The summed E-state index contributed by atoms with van der Waals surface area (Å²) in [6.07, 6.45) is 2.84. The van der Waals surface area contributed by atoms with Crippen LogP contribution in [-0.2, 0) is 0 Å². The Kier molecular flexibility index (Phi) is 3.42. The third kappa shape index (κ3) is 2.50. The standard InChI is InChI=1S/C18H13FN4O2/c1-10-9-25-15-7-12(3-5-14(15)18(10)24)17-11(2)23(22-21-17)13-4-6-16(19)20-8-13/h3-9H,1-2H3. The van der Waals surface area contributed by atoms with Crippen molar-refractivity contribution in [3.63, 3.8) is 0 Å². The first-order chi connectivity index (χ1) is 12.0. The van der Waals surface area contributed by atoms with Gasteiger partial charge in [0, 0.05) is 11.1 Å². The second-order valence-electron chi connectivity index (χ2n) is 5.73. The number of benzene rings is 1. The summed E-state index contributed by atoms with van der Waals surface area (Å²) in [5.74, 6) is -0.554. The van der Waals surface area contributed by atoms with Crippen molar-refractivity contribution < 1.29 is 8.81 Å². The average molecular weight is 336 g/mol. The van der Waals surface area contributed by atoms with Gasteiger partial charge in [0.1, 0.15) is 11.3 Å². The largest absolute Gasteiger partial charge is 0.464 e. The van der Waals surface area contributed by atoms with E-state index in [-0.39, 0.29) is 5.43 Å². The van der Waals surface area contributed by atoms with E-state index in [1.807, 2.05) is 13.0 Å². The fraction of sp³-hybridized carbons (Fsp3) is 0.111. The maximum Gasteiger partial charge on any atom is 0.212 e. The van der Waals surface area contributed by atoms with Gasteiger partial charge in [-0.05, 0) is 38.1 Å². The van der Waals surface area contributed by atoms with Crippen molar-refractivity contribution in [1.29, 1.82) is 0 Å². The van der Waals surface area contributed by atoms with Gasteiger partial charge in [-0.3, -0.25) is 4.79 Å². The van der Waals surface area contributed by atoms with Crippen molar-refractivity contribution in [1.82, 2.24) is 20.0 Å². The number of rotatable bonds is 2. The Bertz CT molecular complexity index is 1150. The van der Waals surface area contributed by atoms with Gasteiger partial charge in [0.25, 0.3) is 0 Å². The van der Waals surface area contributed by atoms with E-state index < -0.39 is 5.95 Å². The highest BCUT2D eigenvalue weighted by molar-refractivity contribution is 5.82. The minimum atomic E-state index is -0.554. The van der Waals surface area contributed by atoms with Crippen molar-refractivity contribution in [2.75, 3.05) is 0 Å². The van der Waals surface area contributed by atoms with Crippen molar-refractivity contribution in [2.45, 2.75) is 13.8 Å². The SMILES string of the molecule is Cc1coc2cc(-c3nnn(-c4ccc(F)nc4)c3C)ccc2c1=O. The molecule has 0 N–H and O–H groups in total. The molecular formula is C18H13FN4O2. The lowest BCUT2D eigenvalue weighted by Crippen LogP contribution is -2.04. The van der Waals surface area contributed by atoms with Gasteiger partial charge < -0.3 is 4.42 Å². The fourth-order valence-electron chi connectivity index (χ4n) is 2.71. The second-order valence-corrected chi connectivity index (χ2v) is 5.73. The molecule has 0 bridgehead atoms. The van der Waals surface area contributed by atoms with E-state index in [1.165, 1.54) is 18.5 Å². The van der Waals surface area contributed by atoms with Crippen LogP contribution in [0, 0.1) is 19.8 Å². The van der Waals surface area contributed by atoms with E-state index in [9.17, 15) is 9.18 Å². The van der Waals surface area contributed by atoms with Gasteiger partial charge in [-0.25, -0.2) is 9.67 Å². The first kappa shape index (κ1) is 15.2. The van der Waals surface area contributed by atoms with Crippen molar-refractivity contribution in [2.24, 2.45) is 0 Å². The van der Waals surface area contributed by atoms with Gasteiger partial charge in [0.15, 0.2) is 5.43 Å². The first-order valence-corrected chi connectivity index (χ1v) is 7.61. The van der Waals surface area contributed by atoms with Gasteiger partial charge >= 0.3 is 0 Å². The van der Waals surface area contributed by atoms with Crippen LogP contribution in [-0.4, -0.2) is 20.0 Å². The summed E-state index contributed by atoms with van der Waals surface area (Å²) in [4.78, 5) is 15.8. The van der Waals surface area contributed by atoms with E-state index in [2.05, 4.69) is 15.3 Å². The fourth-order valence-corrected chi connectivity index (χ4v) is 2.71. The average Bonchev–Trinajstić information content (AvgIpc) is 3.00.